The Kier molecular flexibility index (Phi) is 2.66. The van der Waals surface area contributed by atoms with Gasteiger partial charge < -0.3 is 5.73 Å². The Bertz CT molecular complexity index is 266. The van der Waals surface area contributed by atoms with Gasteiger partial charge in [-0.15, -0.1) is 0 Å². The highest BCUT2D eigenvalue weighted by molar-refractivity contribution is 14.1. The van der Waals surface area contributed by atoms with Gasteiger partial charge in [-0.3, -0.25) is 0 Å². The number of hydrogen-bond acceptors (Lipinski definition) is 1. The number of anilines is 1. The molecule has 0 heterocycles. The number of nitrogen functional groups attached to an aromatic ring is 1. The molecule has 1 nitrogen and oxygen atoms in total. The smallest absolute Gasteiger partial charge is 0.0327 e. The lowest BCUT2D eigenvalue weighted by Crippen LogP contribution is -2.11. The first-order valence-electron chi connectivity index (χ1n) is 3.96. The summed E-state index contributed by atoms with van der Waals surface area (Å²) in [6.07, 6.45) is 0. The quantitative estimate of drug-likeness (QED) is 0.571. The zero-order valence-corrected chi connectivity index (χ0v) is 9.84. The van der Waals surface area contributed by atoms with E-state index in [9.17, 15) is 0 Å². The summed E-state index contributed by atoms with van der Waals surface area (Å²) in [6, 6.07) is 6.20. The van der Waals surface area contributed by atoms with E-state index in [4.69, 9.17) is 5.73 Å². The summed E-state index contributed by atoms with van der Waals surface area (Å²) in [5.41, 5.74) is 8.09. The maximum Gasteiger partial charge on any atom is 0.0327 e. The molecule has 0 aliphatic heterocycles. The van der Waals surface area contributed by atoms with Crippen LogP contribution >= 0.6 is 22.6 Å². The highest BCUT2D eigenvalue weighted by Gasteiger charge is 2.13. The zero-order chi connectivity index (χ0) is 9.35. The molecule has 0 aliphatic carbocycles. The maximum absolute atomic E-state index is 5.75. The molecule has 1 aromatic carbocycles. The van der Waals surface area contributed by atoms with Crippen molar-refractivity contribution in [3.63, 3.8) is 0 Å². The topological polar surface area (TPSA) is 26.0 Å². The lowest BCUT2D eigenvalue weighted by Gasteiger charge is -2.19. The minimum Gasteiger partial charge on any atom is -0.399 e. The van der Waals surface area contributed by atoms with E-state index in [2.05, 4.69) is 49.4 Å². The van der Waals surface area contributed by atoms with Crippen molar-refractivity contribution in [1.82, 2.24) is 0 Å². The van der Waals surface area contributed by atoms with Gasteiger partial charge in [0.15, 0.2) is 0 Å². The summed E-state index contributed by atoms with van der Waals surface area (Å²) in [5, 5.41) is 0. The summed E-state index contributed by atoms with van der Waals surface area (Å²) >= 11 is 2.29. The predicted molar refractivity (Wildman–Crippen MR) is 62.3 cm³/mol. The van der Waals surface area contributed by atoms with Crippen LogP contribution in [-0.4, -0.2) is 0 Å². The Balaban J connectivity index is 3.18. The molecule has 66 valence electrons. The van der Waals surface area contributed by atoms with Crippen molar-refractivity contribution < 1.29 is 0 Å². The largest absolute Gasteiger partial charge is 0.399 e. The van der Waals surface area contributed by atoms with Crippen molar-refractivity contribution in [1.29, 1.82) is 0 Å². The molecule has 2 N–H and O–H groups in total. The van der Waals surface area contributed by atoms with Crippen molar-refractivity contribution in [2.24, 2.45) is 0 Å². The summed E-state index contributed by atoms with van der Waals surface area (Å²) in [5.74, 6) is 0. The minimum absolute atomic E-state index is 0.190. The second-order valence-corrected chi connectivity index (χ2v) is 5.27. The van der Waals surface area contributed by atoms with Crippen LogP contribution in [0, 0.1) is 3.57 Å². The van der Waals surface area contributed by atoms with Crippen LogP contribution in [0.1, 0.15) is 26.3 Å². The third-order valence-corrected chi connectivity index (χ3v) is 2.41. The highest BCUT2D eigenvalue weighted by Crippen LogP contribution is 2.25. The Morgan fingerprint density at radius 2 is 1.75 bits per heavy atom. The monoisotopic (exact) mass is 275 g/mol. The Morgan fingerprint density at radius 3 is 2.17 bits per heavy atom. The first-order chi connectivity index (χ1) is 5.39. The zero-order valence-electron chi connectivity index (χ0n) is 7.69. The van der Waals surface area contributed by atoms with E-state index in [1.807, 2.05) is 12.1 Å². The molecule has 0 fully saturated rings. The SMILES string of the molecule is CC(C)(C)c1cc(N)cc(I)c1. The first-order valence-corrected chi connectivity index (χ1v) is 5.04. The number of halogens is 1. The lowest BCUT2D eigenvalue weighted by molar-refractivity contribution is 0.590. The Labute approximate surface area is 87.5 Å². The van der Waals surface area contributed by atoms with E-state index in [1.165, 1.54) is 9.13 Å². The van der Waals surface area contributed by atoms with E-state index in [1.54, 1.807) is 0 Å². The van der Waals surface area contributed by atoms with Gasteiger partial charge in [0.2, 0.25) is 0 Å². The number of hydrogen-bond donors (Lipinski definition) is 1. The normalized spacial score (nSPS) is 11.7. The van der Waals surface area contributed by atoms with E-state index >= 15 is 0 Å². The van der Waals surface area contributed by atoms with E-state index in [0.717, 1.165) is 5.69 Å². The highest BCUT2D eigenvalue weighted by atomic mass is 127. The molecule has 0 aromatic heterocycles. The third kappa shape index (κ3) is 2.37. The van der Waals surface area contributed by atoms with E-state index in [-0.39, 0.29) is 5.41 Å². The predicted octanol–water partition coefficient (Wildman–Crippen LogP) is 3.17. The van der Waals surface area contributed by atoms with Gasteiger partial charge in [0.25, 0.3) is 0 Å². The fourth-order valence-corrected chi connectivity index (χ4v) is 1.74. The molecule has 0 atom stereocenters. The van der Waals surface area contributed by atoms with Crippen molar-refractivity contribution in [3.8, 4) is 0 Å². The van der Waals surface area contributed by atoms with Gasteiger partial charge >= 0.3 is 0 Å². The Hall–Kier alpha value is -0.250. The molecular weight excluding hydrogens is 261 g/mol. The van der Waals surface area contributed by atoms with Gasteiger partial charge in [0, 0.05) is 9.26 Å². The summed E-state index contributed by atoms with van der Waals surface area (Å²) in [6.45, 7) is 6.58. The number of rotatable bonds is 0. The molecule has 12 heavy (non-hydrogen) atoms. The Morgan fingerprint density at radius 1 is 1.17 bits per heavy atom. The van der Waals surface area contributed by atoms with Crippen LogP contribution < -0.4 is 5.73 Å². The first kappa shape index (κ1) is 9.84. The van der Waals surface area contributed by atoms with Gasteiger partial charge in [0.1, 0.15) is 0 Å². The third-order valence-electron chi connectivity index (χ3n) is 1.79. The van der Waals surface area contributed by atoms with Crippen LogP contribution in [0.4, 0.5) is 5.69 Å². The van der Waals surface area contributed by atoms with Crippen LogP contribution in [0.15, 0.2) is 18.2 Å². The van der Waals surface area contributed by atoms with Crippen LogP contribution in [-0.2, 0) is 5.41 Å². The summed E-state index contributed by atoms with van der Waals surface area (Å²) < 4.78 is 1.21. The molecule has 0 spiro atoms. The van der Waals surface area contributed by atoms with Crippen molar-refractivity contribution in [2.75, 3.05) is 5.73 Å². The van der Waals surface area contributed by atoms with Crippen molar-refractivity contribution >= 4 is 28.3 Å². The molecule has 1 aromatic rings. The second kappa shape index (κ2) is 3.24. The molecule has 0 bridgehead atoms. The number of nitrogens with two attached hydrogens (primary N) is 1. The molecule has 0 radical (unpaired) electrons. The lowest BCUT2D eigenvalue weighted by atomic mass is 9.87. The molecule has 0 aliphatic rings. The maximum atomic E-state index is 5.75. The molecule has 1 rings (SSSR count). The second-order valence-electron chi connectivity index (χ2n) is 4.02. The number of benzene rings is 1. The minimum atomic E-state index is 0.190. The molecule has 0 saturated carbocycles. The fraction of sp³-hybridized carbons (Fsp3) is 0.400. The molecule has 0 saturated heterocycles. The summed E-state index contributed by atoms with van der Waals surface area (Å²) in [4.78, 5) is 0. The fourth-order valence-electron chi connectivity index (χ4n) is 1.05. The molecule has 0 unspecified atom stereocenters. The van der Waals surface area contributed by atoms with Crippen molar-refractivity contribution in [3.05, 3.63) is 27.3 Å². The van der Waals surface area contributed by atoms with Crippen molar-refractivity contribution in [2.45, 2.75) is 26.2 Å². The van der Waals surface area contributed by atoms with Crippen LogP contribution in [0.3, 0.4) is 0 Å². The van der Waals surface area contributed by atoms with Gasteiger partial charge in [-0.1, -0.05) is 20.8 Å². The standard InChI is InChI=1S/C10H14IN/c1-10(2,3)7-4-8(11)6-9(12)5-7/h4-6H,12H2,1-3H3. The average molecular weight is 275 g/mol. The average Bonchev–Trinajstić information content (AvgIpc) is 1.82. The molecule has 2 heteroatoms. The van der Waals surface area contributed by atoms with Gasteiger partial charge in [-0.2, -0.15) is 0 Å². The van der Waals surface area contributed by atoms with Gasteiger partial charge in [-0.25, -0.2) is 0 Å². The van der Waals surface area contributed by atoms with Crippen LogP contribution in [0.25, 0.3) is 0 Å². The molecular formula is C10H14IN. The van der Waals surface area contributed by atoms with E-state index in [0.29, 0.717) is 0 Å². The molecule has 0 amide bonds. The van der Waals surface area contributed by atoms with Crippen LogP contribution in [0.5, 0.6) is 0 Å². The van der Waals surface area contributed by atoms with E-state index < -0.39 is 0 Å². The van der Waals surface area contributed by atoms with Crippen LogP contribution in [0.2, 0.25) is 0 Å². The summed E-state index contributed by atoms with van der Waals surface area (Å²) in [7, 11) is 0. The van der Waals surface area contributed by atoms with Gasteiger partial charge in [-0.05, 0) is 51.8 Å². The van der Waals surface area contributed by atoms with Gasteiger partial charge in [0.05, 0.1) is 0 Å².